The van der Waals surface area contributed by atoms with Crippen molar-refractivity contribution in [3.63, 3.8) is 0 Å². The van der Waals surface area contributed by atoms with Crippen LogP contribution in [0.4, 0.5) is 0 Å². The Hall–Kier alpha value is -2.44. The van der Waals surface area contributed by atoms with Crippen LogP contribution in [-0.4, -0.2) is 45.2 Å². The first-order valence-electron chi connectivity index (χ1n) is 12.6. The molecule has 0 aliphatic carbocycles. The number of aliphatic imine (C=N–C) groups is 1. The lowest BCUT2D eigenvalue weighted by atomic mass is 9.93. The zero-order chi connectivity index (χ0) is 24.2. The molecule has 4 rings (SSSR count). The van der Waals surface area contributed by atoms with Crippen molar-refractivity contribution in [2.45, 2.75) is 70.9 Å². The third-order valence-electron chi connectivity index (χ3n) is 6.59. The van der Waals surface area contributed by atoms with Crippen molar-refractivity contribution < 1.29 is 0 Å². The molecule has 0 amide bonds. The van der Waals surface area contributed by atoms with Crippen molar-refractivity contribution in [1.29, 1.82) is 0 Å². The van der Waals surface area contributed by atoms with Crippen molar-refractivity contribution in [3.05, 3.63) is 70.3 Å². The summed E-state index contributed by atoms with van der Waals surface area (Å²) in [7, 11) is 4.23. The minimum absolute atomic E-state index is 0.192. The molecule has 1 unspecified atom stereocenters. The fourth-order valence-corrected chi connectivity index (χ4v) is 5.55. The van der Waals surface area contributed by atoms with E-state index in [1.165, 1.54) is 21.6 Å². The van der Waals surface area contributed by atoms with Gasteiger partial charge in [-0.15, -0.1) is 22.0 Å². The Balaban J connectivity index is 1.93. The summed E-state index contributed by atoms with van der Waals surface area (Å²) in [4.78, 5) is 8.66. The van der Waals surface area contributed by atoms with Gasteiger partial charge in [-0.1, -0.05) is 45.9 Å². The normalized spacial score (nSPS) is 13.9. The maximum absolute atomic E-state index is 5.15. The summed E-state index contributed by atoms with van der Waals surface area (Å²) in [5.41, 5.74) is 7.33. The van der Waals surface area contributed by atoms with E-state index < -0.39 is 0 Å². The highest BCUT2D eigenvalue weighted by molar-refractivity contribution is 7.99. The molecule has 180 valence electrons. The van der Waals surface area contributed by atoms with Gasteiger partial charge < -0.3 is 0 Å². The van der Waals surface area contributed by atoms with Crippen LogP contribution in [0.3, 0.4) is 0 Å². The third kappa shape index (κ3) is 4.71. The van der Waals surface area contributed by atoms with Crippen molar-refractivity contribution >= 4 is 17.5 Å². The monoisotopic (exact) mass is 475 g/mol. The Bertz CT molecular complexity index is 1180. The number of benzene rings is 2. The topological polar surface area (TPSA) is 46.3 Å². The maximum atomic E-state index is 5.15. The van der Waals surface area contributed by atoms with Gasteiger partial charge in [0.1, 0.15) is 6.54 Å². The summed E-state index contributed by atoms with van der Waals surface area (Å²) in [6.45, 7) is 9.41. The molecular weight excluding hydrogens is 438 g/mol. The third-order valence-corrected chi connectivity index (χ3v) is 7.79. The zero-order valence-electron chi connectivity index (χ0n) is 21.4. The van der Waals surface area contributed by atoms with Crippen LogP contribution in [0.25, 0.3) is 5.69 Å². The highest BCUT2D eigenvalue weighted by atomic mass is 32.2. The molecule has 0 spiro atoms. The highest BCUT2D eigenvalue weighted by Crippen LogP contribution is 2.33. The van der Waals surface area contributed by atoms with E-state index in [0.29, 0.717) is 6.54 Å². The number of rotatable bonds is 9. The number of aryl methyl sites for hydroxylation is 2. The Kier molecular flexibility index (Phi) is 7.89. The summed E-state index contributed by atoms with van der Waals surface area (Å²) in [6, 6.07) is 13.9. The minimum atomic E-state index is 0.192. The standard InChI is InChI=1S/C28H37N5S/c1-7-15-34-21-12-14-23-25(17-21)33-26(30-31-28(33)24(10-4)32(5)6)18-29-27(23)22-13-11-19(8-2)16-20(22)9-3/h11-14,16-17,24H,7-10,15,18H2,1-6H3. The summed E-state index contributed by atoms with van der Waals surface area (Å²) in [5, 5.41) is 9.30. The Morgan fingerprint density at radius 3 is 2.44 bits per heavy atom. The van der Waals surface area contributed by atoms with E-state index >= 15 is 0 Å². The first-order chi connectivity index (χ1) is 16.5. The summed E-state index contributed by atoms with van der Waals surface area (Å²) < 4.78 is 2.28. The smallest absolute Gasteiger partial charge is 0.159 e. The molecule has 0 N–H and O–H groups in total. The molecule has 0 saturated carbocycles. The fourth-order valence-electron chi connectivity index (χ4n) is 4.75. The van der Waals surface area contributed by atoms with Crippen LogP contribution < -0.4 is 0 Å². The molecule has 1 aliphatic heterocycles. The second-order valence-electron chi connectivity index (χ2n) is 9.09. The van der Waals surface area contributed by atoms with Gasteiger partial charge in [-0.25, -0.2) is 0 Å². The van der Waals surface area contributed by atoms with Crippen LogP contribution >= 0.6 is 11.8 Å². The van der Waals surface area contributed by atoms with Gasteiger partial charge in [0.2, 0.25) is 0 Å². The van der Waals surface area contributed by atoms with Gasteiger partial charge in [0.25, 0.3) is 0 Å². The van der Waals surface area contributed by atoms with Crippen LogP contribution in [0, 0.1) is 0 Å². The van der Waals surface area contributed by atoms with Crippen LogP contribution in [0.1, 0.15) is 80.5 Å². The first-order valence-corrected chi connectivity index (χ1v) is 13.6. The van der Waals surface area contributed by atoms with Crippen LogP contribution in [0.15, 0.2) is 46.3 Å². The number of aromatic nitrogens is 3. The molecule has 1 aromatic heterocycles. The Labute approximate surface area is 208 Å². The van der Waals surface area contributed by atoms with Crippen molar-refractivity contribution in [1.82, 2.24) is 19.7 Å². The van der Waals surface area contributed by atoms with E-state index in [-0.39, 0.29) is 6.04 Å². The molecule has 3 aromatic rings. The lowest BCUT2D eigenvalue weighted by Gasteiger charge is -2.24. The molecule has 0 bridgehead atoms. The number of nitrogens with zero attached hydrogens (tertiary/aromatic N) is 5. The van der Waals surface area contributed by atoms with Crippen molar-refractivity contribution in [3.8, 4) is 5.69 Å². The summed E-state index contributed by atoms with van der Waals surface area (Å²) in [5.74, 6) is 3.01. The molecule has 0 fully saturated rings. The second-order valence-corrected chi connectivity index (χ2v) is 10.3. The number of hydrogen-bond donors (Lipinski definition) is 0. The number of hydrogen-bond acceptors (Lipinski definition) is 5. The molecule has 2 aromatic carbocycles. The molecule has 1 aliphatic rings. The average Bonchev–Trinajstić information content (AvgIpc) is 3.19. The van der Waals surface area contributed by atoms with Gasteiger partial charge in [0.15, 0.2) is 11.6 Å². The first kappa shape index (κ1) is 24.7. The minimum Gasteiger partial charge on any atom is -0.300 e. The summed E-state index contributed by atoms with van der Waals surface area (Å²) in [6.07, 6.45) is 4.15. The van der Waals surface area contributed by atoms with E-state index in [1.54, 1.807) is 0 Å². The largest absolute Gasteiger partial charge is 0.300 e. The predicted molar refractivity (Wildman–Crippen MR) is 144 cm³/mol. The van der Waals surface area contributed by atoms with Gasteiger partial charge in [0.05, 0.1) is 17.4 Å². The molecular formula is C28H37N5S. The van der Waals surface area contributed by atoms with Gasteiger partial charge >= 0.3 is 0 Å². The molecule has 0 radical (unpaired) electrons. The summed E-state index contributed by atoms with van der Waals surface area (Å²) >= 11 is 1.91. The quantitative estimate of drug-likeness (QED) is 0.343. The molecule has 34 heavy (non-hydrogen) atoms. The average molecular weight is 476 g/mol. The van der Waals surface area contributed by atoms with Gasteiger partial charge in [-0.05, 0) is 74.9 Å². The Morgan fingerprint density at radius 2 is 1.76 bits per heavy atom. The van der Waals surface area contributed by atoms with Gasteiger partial charge in [-0.2, -0.15) is 0 Å². The molecule has 2 heterocycles. The second kappa shape index (κ2) is 10.9. The van der Waals surface area contributed by atoms with Crippen molar-refractivity contribution in [2.75, 3.05) is 19.8 Å². The van der Waals surface area contributed by atoms with Crippen molar-refractivity contribution in [2.24, 2.45) is 4.99 Å². The zero-order valence-corrected chi connectivity index (χ0v) is 22.2. The van der Waals surface area contributed by atoms with Crippen LogP contribution in [-0.2, 0) is 19.4 Å². The maximum Gasteiger partial charge on any atom is 0.159 e. The lowest BCUT2D eigenvalue weighted by Crippen LogP contribution is -2.23. The molecule has 5 nitrogen and oxygen atoms in total. The van der Waals surface area contributed by atoms with Gasteiger partial charge in [-0.3, -0.25) is 14.5 Å². The van der Waals surface area contributed by atoms with E-state index in [4.69, 9.17) is 4.99 Å². The Morgan fingerprint density at radius 1 is 0.971 bits per heavy atom. The number of thioether (sulfide) groups is 1. The lowest BCUT2D eigenvalue weighted by molar-refractivity contribution is 0.276. The van der Waals surface area contributed by atoms with E-state index in [0.717, 1.165) is 60.0 Å². The van der Waals surface area contributed by atoms with Crippen LogP contribution in [0.2, 0.25) is 0 Å². The van der Waals surface area contributed by atoms with Gasteiger partial charge in [0, 0.05) is 16.0 Å². The fraction of sp³-hybridized carbons (Fsp3) is 0.464. The van der Waals surface area contributed by atoms with E-state index in [1.807, 2.05) is 11.8 Å². The SMILES string of the molecule is CCCSc1ccc2c(c1)-n1c(nnc1C(CC)N(C)C)CN=C2c1ccc(CC)cc1CC. The van der Waals surface area contributed by atoms with Crippen LogP contribution in [0.5, 0.6) is 0 Å². The molecule has 6 heteroatoms. The van der Waals surface area contributed by atoms with E-state index in [9.17, 15) is 0 Å². The molecule has 0 saturated heterocycles. The predicted octanol–water partition coefficient (Wildman–Crippen LogP) is 6.26. The van der Waals surface area contributed by atoms with E-state index in [2.05, 4.69) is 97.9 Å². The number of fused-ring (bicyclic) bond motifs is 3. The highest BCUT2D eigenvalue weighted by Gasteiger charge is 2.28. The molecule has 1 atom stereocenters.